The predicted molar refractivity (Wildman–Crippen MR) is 83.2 cm³/mol. The topological polar surface area (TPSA) is 24.9 Å². The Morgan fingerprint density at radius 3 is 2.75 bits per heavy atom. The standard InChI is InChI=1S/C15H18ClFN2S/c1-4-13-9(3)20-15(19-13)14(18-5-2)11-8-10(16)6-7-12(11)17/h6-8,14,18H,4-5H2,1-3H3. The molecule has 1 aromatic heterocycles. The molecule has 0 saturated heterocycles. The highest BCUT2D eigenvalue weighted by molar-refractivity contribution is 7.11. The first kappa shape index (κ1) is 15.4. The third kappa shape index (κ3) is 3.19. The number of benzene rings is 1. The van der Waals surface area contributed by atoms with Gasteiger partial charge in [0.1, 0.15) is 10.8 Å². The minimum atomic E-state index is -0.258. The molecule has 0 spiro atoms. The molecular formula is C15H18ClFN2S. The minimum absolute atomic E-state index is 0.248. The lowest BCUT2D eigenvalue weighted by atomic mass is 10.1. The predicted octanol–water partition coefficient (Wildman–Crippen LogP) is 4.51. The molecule has 0 aliphatic heterocycles. The summed E-state index contributed by atoms with van der Waals surface area (Å²) in [7, 11) is 0. The number of nitrogens with one attached hydrogen (secondary N) is 1. The molecule has 1 unspecified atom stereocenters. The molecule has 1 atom stereocenters. The van der Waals surface area contributed by atoms with Gasteiger partial charge in [-0.1, -0.05) is 25.4 Å². The summed E-state index contributed by atoms with van der Waals surface area (Å²) < 4.78 is 14.1. The van der Waals surface area contributed by atoms with E-state index in [-0.39, 0.29) is 11.9 Å². The van der Waals surface area contributed by atoms with Gasteiger partial charge in [-0.3, -0.25) is 0 Å². The van der Waals surface area contributed by atoms with Gasteiger partial charge in [-0.25, -0.2) is 9.37 Å². The van der Waals surface area contributed by atoms with Crippen molar-refractivity contribution in [3.05, 3.63) is 50.2 Å². The van der Waals surface area contributed by atoms with Gasteiger partial charge >= 0.3 is 0 Å². The van der Waals surface area contributed by atoms with E-state index in [0.717, 1.165) is 23.7 Å². The lowest BCUT2D eigenvalue weighted by Gasteiger charge is -2.17. The van der Waals surface area contributed by atoms with E-state index in [9.17, 15) is 4.39 Å². The Balaban J connectivity index is 2.46. The Morgan fingerprint density at radius 2 is 2.15 bits per heavy atom. The van der Waals surface area contributed by atoms with Crippen LogP contribution >= 0.6 is 22.9 Å². The zero-order chi connectivity index (χ0) is 14.7. The number of thiazole rings is 1. The summed E-state index contributed by atoms with van der Waals surface area (Å²) >= 11 is 7.61. The number of hydrogen-bond donors (Lipinski definition) is 1. The van der Waals surface area contributed by atoms with Crippen molar-refractivity contribution in [1.29, 1.82) is 0 Å². The zero-order valence-electron chi connectivity index (χ0n) is 11.8. The van der Waals surface area contributed by atoms with Gasteiger partial charge in [-0.05, 0) is 38.1 Å². The van der Waals surface area contributed by atoms with Crippen LogP contribution in [0.2, 0.25) is 5.02 Å². The van der Waals surface area contributed by atoms with Crippen LogP contribution in [0, 0.1) is 12.7 Å². The molecule has 1 heterocycles. The molecule has 0 saturated carbocycles. The van der Waals surface area contributed by atoms with Gasteiger partial charge in [0.15, 0.2) is 0 Å². The molecule has 5 heteroatoms. The first-order valence-corrected chi connectivity index (χ1v) is 7.90. The summed E-state index contributed by atoms with van der Waals surface area (Å²) in [6, 6.07) is 4.40. The molecule has 0 fully saturated rings. The van der Waals surface area contributed by atoms with Gasteiger partial charge < -0.3 is 5.32 Å². The molecule has 0 bridgehead atoms. The Labute approximate surface area is 128 Å². The Bertz CT molecular complexity index is 598. The number of aryl methyl sites for hydroxylation is 2. The zero-order valence-corrected chi connectivity index (χ0v) is 13.4. The highest BCUT2D eigenvalue weighted by atomic mass is 35.5. The third-order valence-electron chi connectivity index (χ3n) is 3.17. The summed E-state index contributed by atoms with van der Waals surface area (Å²) in [5.74, 6) is -0.258. The third-order valence-corrected chi connectivity index (χ3v) is 4.48. The fourth-order valence-electron chi connectivity index (χ4n) is 2.17. The molecule has 108 valence electrons. The number of hydrogen-bond acceptors (Lipinski definition) is 3. The molecule has 0 aliphatic rings. The van der Waals surface area contributed by atoms with Gasteiger partial charge in [0, 0.05) is 15.5 Å². The van der Waals surface area contributed by atoms with Crippen LogP contribution in [-0.2, 0) is 6.42 Å². The van der Waals surface area contributed by atoms with Gasteiger partial charge in [0.2, 0.25) is 0 Å². The summed E-state index contributed by atoms with van der Waals surface area (Å²) in [5.41, 5.74) is 1.63. The van der Waals surface area contributed by atoms with Crippen molar-refractivity contribution < 1.29 is 4.39 Å². The SMILES string of the molecule is CCNC(c1nc(CC)c(C)s1)c1cc(Cl)ccc1F. The smallest absolute Gasteiger partial charge is 0.128 e. The number of rotatable bonds is 5. The lowest BCUT2D eigenvalue weighted by molar-refractivity contribution is 0.557. The fourth-order valence-corrected chi connectivity index (χ4v) is 3.46. The molecule has 2 rings (SSSR count). The second-order valence-electron chi connectivity index (χ2n) is 4.57. The van der Waals surface area contributed by atoms with E-state index >= 15 is 0 Å². The van der Waals surface area contributed by atoms with E-state index in [1.807, 2.05) is 6.92 Å². The van der Waals surface area contributed by atoms with Crippen LogP contribution in [-0.4, -0.2) is 11.5 Å². The normalized spacial score (nSPS) is 12.7. The summed E-state index contributed by atoms with van der Waals surface area (Å²) in [4.78, 5) is 5.83. The van der Waals surface area contributed by atoms with Gasteiger partial charge in [-0.15, -0.1) is 11.3 Å². The fraction of sp³-hybridized carbons (Fsp3) is 0.400. The first-order valence-electron chi connectivity index (χ1n) is 6.71. The van der Waals surface area contributed by atoms with E-state index in [0.29, 0.717) is 10.6 Å². The molecule has 20 heavy (non-hydrogen) atoms. The molecule has 1 N–H and O–H groups in total. The molecule has 0 amide bonds. The van der Waals surface area contributed by atoms with Gasteiger partial charge in [0.25, 0.3) is 0 Å². The van der Waals surface area contributed by atoms with Gasteiger partial charge in [0.05, 0.1) is 11.7 Å². The number of nitrogens with zero attached hydrogens (tertiary/aromatic N) is 1. The van der Waals surface area contributed by atoms with Crippen molar-refractivity contribution in [1.82, 2.24) is 10.3 Å². The number of halogens is 2. The van der Waals surface area contributed by atoms with Crippen molar-refractivity contribution in [2.75, 3.05) is 6.54 Å². The van der Waals surface area contributed by atoms with E-state index < -0.39 is 0 Å². The highest BCUT2D eigenvalue weighted by Gasteiger charge is 2.21. The van der Waals surface area contributed by atoms with Crippen LogP contribution < -0.4 is 5.32 Å². The molecular weight excluding hydrogens is 295 g/mol. The monoisotopic (exact) mass is 312 g/mol. The number of aromatic nitrogens is 1. The first-order chi connectivity index (χ1) is 9.56. The van der Waals surface area contributed by atoms with Crippen molar-refractivity contribution >= 4 is 22.9 Å². The van der Waals surface area contributed by atoms with E-state index in [2.05, 4.69) is 24.1 Å². The van der Waals surface area contributed by atoms with Crippen molar-refractivity contribution in [2.24, 2.45) is 0 Å². The van der Waals surface area contributed by atoms with Crippen LogP contribution in [0.25, 0.3) is 0 Å². The Kier molecular flexibility index (Phi) is 5.13. The molecule has 1 aromatic carbocycles. The van der Waals surface area contributed by atoms with Crippen LogP contribution in [0.3, 0.4) is 0 Å². The molecule has 2 nitrogen and oxygen atoms in total. The molecule has 0 radical (unpaired) electrons. The summed E-state index contributed by atoms with van der Waals surface area (Å²) in [6.45, 7) is 6.86. The van der Waals surface area contributed by atoms with Gasteiger partial charge in [-0.2, -0.15) is 0 Å². The second kappa shape index (κ2) is 6.66. The van der Waals surface area contributed by atoms with Crippen LogP contribution in [0.4, 0.5) is 4.39 Å². The van der Waals surface area contributed by atoms with E-state index in [1.165, 1.54) is 10.9 Å². The minimum Gasteiger partial charge on any atom is -0.304 e. The summed E-state index contributed by atoms with van der Waals surface area (Å²) in [6.07, 6.45) is 0.888. The van der Waals surface area contributed by atoms with Crippen LogP contribution in [0.1, 0.15) is 41.0 Å². The maximum absolute atomic E-state index is 14.1. The average molecular weight is 313 g/mol. The quantitative estimate of drug-likeness (QED) is 0.879. The Hall–Kier alpha value is -0.970. The second-order valence-corrected chi connectivity index (χ2v) is 6.24. The van der Waals surface area contributed by atoms with E-state index in [1.54, 1.807) is 23.5 Å². The largest absolute Gasteiger partial charge is 0.304 e. The van der Waals surface area contributed by atoms with Crippen molar-refractivity contribution in [3.63, 3.8) is 0 Å². The van der Waals surface area contributed by atoms with E-state index in [4.69, 9.17) is 11.6 Å². The van der Waals surface area contributed by atoms with Crippen LogP contribution in [0.15, 0.2) is 18.2 Å². The molecule has 0 aliphatic carbocycles. The molecule has 2 aromatic rings. The maximum atomic E-state index is 14.1. The lowest BCUT2D eigenvalue weighted by Crippen LogP contribution is -2.23. The maximum Gasteiger partial charge on any atom is 0.128 e. The van der Waals surface area contributed by atoms with Crippen molar-refractivity contribution in [3.8, 4) is 0 Å². The van der Waals surface area contributed by atoms with Crippen LogP contribution in [0.5, 0.6) is 0 Å². The highest BCUT2D eigenvalue weighted by Crippen LogP contribution is 2.31. The Morgan fingerprint density at radius 1 is 1.40 bits per heavy atom. The van der Waals surface area contributed by atoms with Crippen molar-refractivity contribution in [2.45, 2.75) is 33.2 Å². The average Bonchev–Trinajstić information content (AvgIpc) is 2.80. The summed E-state index contributed by atoms with van der Waals surface area (Å²) in [5, 5.41) is 4.72.